The minimum absolute atomic E-state index is 0.0969. The second-order valence-corrected chi connectivity index (χ2v) is 8.71. The summed E-state index contributed by atoms with van der Waals surface area (Å²) in [4.78, 5) is 32.2. The Morgan fingerprint density at radius 3 is 2.34 bits per heavy atom. The zero-order valence-electron chi connectivity index (χ0n) is 19.2. The lowest BCUT2D eigenvalue weighted by molar-refractivity contribution is -0.242. The van der Waals surface area contributed by atoms with Crippen LogP contribution in [0.2, 0.25) is 5.02 Å². The lowest BCUT2D eigenvalue weighted by Crippen LogP contribution is -2.44. The molecule has 0 atom stereocenters. The van der Waals surface area contributed by atoms with E-state index in [0.717, 1.165) is 22.3 Å². The number of rotatable bonds is 7. The Balaban J connectivity index is 2.13. The maximum atomic E-state index is 13.6. The van der Waals surface area contributed by atoms with Crippen molar-refractivity contribution in [3.05, 3.63) is 75.0 Å². The van der Waals surface area contributed by atoms with Crippen molar-refractivity contribution in [1.29, 1.82) is 0 Å². The second kappa shape index (κ2) is 9.45. The molecule has 0 aromatic heterocycles. The highest BCUT2D eigenvalue weighted by molar-refractivity contribution is 6.31. The summed E-state index contributed by atoms with van der Waals surface area (Å²) in [5.41, 5.74) is 3.16. The number of nitrogens with zero attached hydrogens (tertiary/aromatic N) is 1. The molecule has 1 amide bonds. The van der Waals surface area contributed by atoms with Gasteiger partial charge in [0.15, 0.2) is 6.79 Å². The van der Waals surface area contributed by atoms with Gasteiger partial charge in [0.05, 0.1) is 11.1 Å². The first-order chi connectivity index (χ1) is 15.1. The van der Waals surface area contributed by atoms with Crippen molar-refractivity contribution in [2.24, 2.45) is 0 Å². The molecule has 2 aromatic carbocycles. The highest BCUT2D eigenvalue weighted by Gasteiger charge is 2.50. The Morgan fingerprint density at radius 1 is 1.09 bits per heavy atom. The molecule has 0 saturated carbocycles. The number of carbonyl (C=O) groups is 2. The lowest BCUT2D eigenvalue weighted by Gasteiger charge is -2.31. The molecule has 3 rings (SSSR count). The SMILES string of the molecule is CCOCON1C(=O)C(c2c(C)cc(C)cc2C)=C(OC(=O)c2cccc(Cl)c2)C1(C)C. The van der Waals surface area contributed by atoms with Gasteiger partial charge < -0.3 is 9.47 Å². The van der Waals surface area contributed by atoms with Crippen LogP contribution < -0.4 is 0 Å². The van der Waals surface area contributed by atoms with E-state index in [1.54, 1.807) is 32.0 Å². The highest BCUT2D eigenvalue weighted by atomic mass is 35.5. The van der Waals surface area contributed by atoms with Crippen molar-refractivity contribution in [3.8, 4) is 0 Å². The lowest BCUT2D eigenvalue weighted by atomic mass is 9.91. The molecule has 1 aliphatic rings. The highest BCUT2D eigenvalue weighted by Crippen LogP contribution is 2.43. The molecule has 32 heavy (non-hydrogen) atoms. The van der Waals surface area contributed by atoms with Gasteiger partial charge in [-0.25, -0.2) is 14.7 Å². The zero-order chi connectivity index (χ0) is 23.6. The summed E-state index contributed by atoms with van der Waals surface area (Å²) in [6.45, 7) is 11.6. The fraction of sp³-hybridized carbons (Fsp3) is 0.360. The molecular weight excluding hydrogens is 430 g/mol. The molecule has 170 valence electrons. The third kappa shape index (κ3) is 4.58. The zero-order valence-corrected chi connectivity index (χ0v) is 20.0. The van der Waals surface area contributed by atoms with Gasteiger partial charge in [0.25, 0.3) is 5.91 Å². The summed E-state index contributed by atoms with van der Waals surface area (Å²) < 4.78 is 11.2. The summed E-state index contributed by atoms with van der Waals surface area (Å²) in [5, 5.41) is 1.64. The average Bonchev–Trinajstić information content (AvgIpc) is 2.88. The molecule has 6 nitrogen and oxygen atoms in total. The number of aryl methyl sites for hydroxylation is 3. The van der Waals surface area contributed by atoms with Crippen LogP contribution in [0.5, 0.6) is 0 Å². The van der Waals surface area contributed by atoms with Crippen molar-refractivity contribution < 1.29 is 23.9 Å². The predicted octanol–water partition coefficient (Wildman–Crippen LogP) is 5.38. The Labute approximate surface area is 193 Å². The molecule has 0 unspecified atom stereocenters. The monoisotopic (exact) mass is 457 g/mol. The van der Waals surface area contributed by atoms with Crippen LogP contribution in [0.25, 0.3) is 5.57 Å². The fourth-order valence-corrected chi connectivity index (χ4v) is 4.17. The van der Waals surface area contributed by atoms with Crippen LogP contribution >= 0.6 is 11.6 Å². The normalized spacial score (nSPS) is 15.5. The second-order valence-electron chi connectivity index (χ2n) is 8.28. The number of carbonyl (C=O) groups excluding carboxylic acids is 2. The molecule has 0 spiro atoms. The first-order valence-electron chi connectivity index (χ1n) is 10.4. The third-order valence-electron chi connectivity index (χ3n) is 5.34. The first kappa shape index (κ1) is 24.0. The van der Waals surface area contributed by atoms with E-state index in [9.17, 15) is 9.59 Å². The first-order valence-corrected chi connectivity index (χ1v) is 10.8. The Morgan fingerprint density at radius 2 is 1.75 bits per heavy atom. The van der Waals surface area contributed by atoms with Crippen molar-refractivity contribution >= 4 is 29.1 Å². The molecule has 0 saturated heterocycles. The van der Waals surface area contributed by atoms with Gasteiger partial charge in [-0.3, -0.25) is 4.79 Å². The van der Waals surface area contributed by atoms with Crippen molar-refractivity contribution in [2.45, 2.75) is 47.1 Å². The largest absolute Gasteiger partial charge is 0.424 e. The van der Waals surface area contributed by atoms with Crippen LogP contribution in [-0.2, 0) is 19.1 Å². The summed E-state index contributed by atoms with van der Waals surface area (Å²) in [5.74, 6) is -0.771. The van der Waals surface area contributed by atoms with Gasteiger partial charge in [0.2, 0.25) is 0 Å². The van der Waals surface area contributed by atoms with Crippen molar-refractivity contribution in [2.75, 3.05) is 13.4 Å². The van der Waals surface area contributed by atoms with Crippen molar-refractivity contribution in [3.63, 3.8) is 0 Å². The van der Waals surface area contributed by atoms with E-state index < -0.39 is 17.4 Å². The third-order valence-corrected chi connectivity index (χ3v) is 5.58. The van der Waals surface area contributed by atoms with Crippen LogP contribution in [0.15, 0.2) is 42.2 Å². The van der Waals surface area contributed by atoms with E-state index in [4.69, 9.17) is 25.9 Å². The van der Waals surface area contributed by atoms with E-state index in [-0.39, 0.29) is 12.6 Å². The molecule has 0 bridgehead atoms. The fourth-order valence-electron chi connectivity index (χ4n) is 3.98. The quantitative estimate of drug-likeness (QED) is 0.317. The van der Waals surface area contributed by atoms with Gasteiger partial charge in [0.1, 0.15) is 11.3 Å². The van der Waals surface area contributed by atoms with E-state index >= 15 is 0 Å². The van der Waals surface area contributed by atoms with Gasteiger partial charge in [-0.2, -0.15) is 0 Å². The molecule has 1 aliphatic heterocycles. The molecule has 7 heteroatoms. The Hall–Kier alpha value is -2.67. The van der Waals surface area contributed by atoms with Crippen LogP contribution in [0, 0.1) is 20.8 Å². The van der Waals surface area contributed by atoms with Crippen LogP contribution in [0.4, 0.5) is 0 Å². The van der Waals surface area contributed by atoms with E-state index in [2.05, 4.69) is 0 Å². The Bertz CT molecular complexity index is 1070. The van der Waals surface area contributed by atoms with Crippen molar-refractivity contribution in [1.82, 2.24) is 5.06 Å². The number of halogens is 1. The average molecular weight is 458 g/mol. The number of hydrogen-bond acceptors (Lipinski definition) is 5. The number of hydrogen-bond donors (Lipinski definition) is 0. The molecule has 0 radical (unpaired) electrons. The number of benzene rings is 2. The van der Waals surface area contributed by atoms with Crippen LogP contribution in [-0.4, -0.2) is 35.9 Å². The van der Waals surface area contributed by atoms with Gasteiger partial charge in [-0.15, -0.1) is 0 Å². The summed E-state index contributed by atoms with van der Waals surface area (Å²) in [6, 6.07) is 10.5. The molecular formula is C25H28ClNO5. The maximum Gasteiger partial charge on any atom is 0.343 e. The summed E-state index contributed by atoms with van der Waals surface area (Å²) in [7, 11) is 0. The molecule has 1 heterocycles. The molecule has 0 aliphatic carbocycles. The van der Waals surface area contributed by atoms with E-state index in [1.165, 1.54) is 11.1 Å². The predicted molar refractivity (Wildman–Crippen MR) is 123 cm³/mol. The van der Waals surface area contributed by atoms with Gasteiger partial charge in [-0.1, -0.05) is 35.4 Å². The molecule has 2 aromatic rings. The number of hydroxylamine groups is 2. The van der Waals surface area contributed by atoms with Gasteiger partial charge in [0, 0.05) is 11.6 Å². The Kier molecular flexibility index (Phi) is 7.08. The summed E-state index contributed by atoms with van der Waals surface area (Å²) in [6.07, 6.45) is 0. The minimum atomic E-state index is -1.05. The topological polar surface area (TPSA) is 65.1 Å². The number of ether oxygens (including phenoxy) is 2. The minimum Gasteiger partial charge on any atom is -0.424 e. The smallest absolute Gasteiger partial charge is 0.343 e. The van der Waals surface area contributed by atoms with Crippen LogP contribution in [0.1, 0.15) is 53.4 Å². The van der Waals surface area contributed by atoms with Crippen LogP contribution in [0.3, 0.4) is 0 Å². The van der Waals surface area contributed by atoms with E-state index in [1.807, 2.05) is 39.8 Å². The van der Waals surface area contributed by atoms with E-state index in [0.29, 0.717) is 22.8 Å². The summed E-state index contributed by atoms with van der Waals surface area (Å²) >= 11 is 6.04. The van der Waals surface area contributed by atoms with Gasteiger partial charge >= 0.3 is 5.97 Å². The molecule has 0 N–H and O–H groups in total. The standard InChI is InChI=1S/C25H28ClNO5/c1-7-30-14-31-27-23(28)21(20-16(3)11-15(2)12-17(20)4)22(25(27,5)6)32-24(29)18-9-8-10-19(26)13-18/h8-13H,7,14H2,1-6H3. The maximum absolute atomic E-state index is 13.6. The number of amides is 1. The molecule has 0 fully saturated rings. The number of esters is 1. The van der Waals surface area contributed by atoms with Gasteiger partial charge in [-0.05, 0) is 76.4 Å².